The summed E-state index contributed by atoms with van der Waals surface area (Å²) in [5, 5.41) is 26.1. The predicted molar refractivity (Wildman–Crippen MR) is 65.1 cm³/mol. The number of anilines is 1. The van der Waals surface area contributed by atoms with Crippen molar-refractivity contribution in [2.75, 3.05) is 5.32 Å². The zero-order chi connectivity index (χ0) is 13.0. The molecule has 0 saturated carbocycles. The Bertz CT molecular complexity index is 563. The van der Waals surface area contributed by atoms with Crippen molar-refractivity contribution in [1.29, 1.82) is 0 Å². The summed E-state index contributed by atoms with van der Waals surface area (Å²) in [5.41, 5.74) is 7.14. The number of rotatable bonds is 4. The lowest BCUT2D eigenvalue weighted by Crippen LogP contribution is -2.13. The number of nitrogens with two attached hydrogens (primary N) is 1. The van der Waals surface area contributed by atoms with Crippen LogP contribution in [-0.2, 0) is 13.6 Å². The second-order valence-corrected chi connectivity index (χ2v) is 3.64. The van der Waals surface area contributed by atoms with Gasteiger partial charge in [0.25, 0.3) is 5.95 Å². The van der Waals surface area contributed by atoms with Crippen LogP contribution in [0, 0.1) is 0 Å². The van der Waals surface area contributed by atoms with Gasteiger partial charge in [-0.2, -0.15) is 4.80 Å². The SMILES string of the molecule is Cn1nnc(NCc2cccc(C(N)=NO)c2)n1. The summed E-state index contributed by atoms with van der Waals surface area (Å²) in [6.07, 6.45) is 0. The van der Waals surface area contributed by atoms with Crippen molar-refractivity contribution >= 4 is 11.8 Å². The Labute approximate surface area is 103 Å². The van der Waals surface area contributed by atoms with Crippen molar-refractivity contribution in [2.45, 2.75) is 6.54 Å². The predicted octanol–water partition coefficient (Wildman–Crippen LogP) is -0.0833. The lowest BCUT2D eigenvalue weighted by molar-refractivity contribution is 0.318. The lowest BCUT2D eigenvalue weighted by Gasteiger charge is -2.04. The van der Waals surface area contributed by atoms with Crippen LogP contribution >= 0.6 is 0 Å². The number of nitrogens with zero attached hydrogens (tertiary/aromatic N) is 5. The van der Waals surface area contributed by atoms with Gasteiger partial charge in [-0.3, -0.25) is 0 Å². The maximum absolute atomic E-state index is 8.61. The number of amidine groups is 1. The van der Waals surface area contributed by atoms with E-state index in [0.717, 1.165) is 5.56 Å². The monoisotopic (exact) mass is 247 g/mol. The number of aryl methyl sites for hydroxylation is 1. The smallest absolute Gasteiger partial charge is 0.263 e. The van der Waals surface area contributed by atoms with Gasteiger partial charge in [-0.05, 0) is 16.8 Å². The van der Waals surface area contributed by atoms with Crippen molar-refractivity contribution < 1.29 is 5.21 Å². The maximum Gasteiger partial charge on any atom is 0.263 e. The van der Waals surface area contributed by atoms with E-state index in [1.165, 1.54) is 4.80 Å². The Morgan fingerprint density at radius 2 is 2.39 bits per heavy atom. The van der Waals surface area contributed by atoms with Crippen molar-refractivity contribution in [2.24, 2.45) is 17.9 Å². The van der Waals surface area contributed by atoms with Gasteiger partial charge in [-0.15, -0.1) is 5.10 Å². The highest BCUT2D eigenvalue weighted by atomic mass is 16.4. The van der Waals surface area contributed by atoms with Gasteiger partial charge < -0.3 is 16.3 Å². The van der Waals surface area contributed by atoms with E-state index in [4.69, 9.17) is 10.9 Å². The molecule has 1 heterocycles. The molecule has 0 spiro atoms. The fourth-order valence-electron chi connectivity index (χ4n) is 1.43. The molecule has 0 aliphatic rings. The van der Waals surface area contributed by atoms with Crippen molar-refractivity contribution in [3.05, 3.63) is 35.4 Å². The van der Waals surface area contributed by atoms with E-state index in [1.807, 2.05) is 18.2 Å². The molecular formula is C10H13N7O. The topological polar surface area (TPSA) is 114 Å². The van der Waals surface area contributed by atoms with Crippen LogP contribution in [0.15, 0.2) is 29.4 Å². The molecule has 8 heteroatoms. The van der Waals surface area contributed by atoms with E-state index in [2.05, 4.69) is 25.9 Å². The van der Waals surface area contributed by atoms with Gasteiger partial charge in [0.05, 0.1) is 7.05 Å². The van der Waals surface area contributed by atoms with Crippen LogP contribution in [0.5, 0.6) is 0 Å². The maximum atomic E-state index is 8.61. The summed E-state index contributed by atoms with van der Waals surface area (Å²) < 4.78 is 0. The Morgan fingerprint density at radius 1 is 1.56 bits per heavy atom. The molecule has 0 aliphatic carbocycles. The second-order valence-electron chi connectivity index (χ2n) is 3.64. The number of benzene rings is 1. The summed E-state index contributed by atoms with van der Waals surface area (Å²) in [6, 6.07) is 7.32. The van der Waals surface area contributed by atoms with Gasteiger partial charge in [0.15, 0.2) is 5.84 Å². The third-order valence-electron chi connectivity index (χ3n) is 2.29. The number of nitrogens with one attached hydrogen (secondary N) is 1. The summed E-state index contributed by atoms with van der Waals surface area (Å²) in [5.74, 6) is 0.529. The molecule has 94 valence electrons. The second kappa shape index (κ2) is 5.13. The molecule has 4 N–H and O–H groups in total. The van der Waals surface area contributed by atoms with Gasteiger partial charge in [-0.25, -0.2) is 0 Å². The quantitative estimate of drug-likeness (QED) is 0.301. The Kier molecular flexibility index (Phi) is 3.37. The first-order chi connectivity index (χ1) is 8.69. The fourth-order valence-corrected chi connectivity index (χ4v) is 1.43. The number of aromatic nitrogens is 4. The van der Waals surface area contributed by atoms with E-state index >= 15 is 0 Å². The molecule has 0 saturated heterocycles. The number of tetrazole rings is 1. The highest BCUT2D eigenvalue weighted by Gasteiger charge is 2.02. The number of oxime groups is 1. The van der Waals surface area contributed by atoms with E-state index in [1.54, 1.807) is 13.1 Å². The normalized spacial score (nSPS) is 11.5. The molecule has 2 rings (SSSR count). The minimum Gasteiger partial charge on any atom is -0.409 e. The number of hydrogen-bond donors (Lipinski definition) is 3. The Morgan fingerprint density at radius 3 is 3.06 bits per heavy atom. The third-order valence-corrected chi connectivity index (χ3v) is 2.29. The fraction of sp³-hybridized carbons (Fsp3) is 0.200. The molecule has 18 heavy (non-hydrogen) atoms. The van der Waals surface area contributed by atoms with Gasteiger partial charge in [0, 0.05) is 12.1 Å². The Hall–Kier alpha value is -2.64. The standard InChI is InChI=1S/C10H13N7O/c1-17-14-10(13-16-17)12-6-7-3-2-4-8(5-7)9(11)15-18/h2-5,18H,6H2,1H3,(H2,11,15)(H,12,14). The van der Waals surface area contributed by atoms with Crippen molar-refractivity contribution in [3.8, 4) is 0 Å². The molecule has 8 nitrogen and oxygen atoms in total. The first kappa shape index (κ1) is 11.8. The zero-order valence-electron chi connectivity index (χ0n) is 9.78. The lowest BCUT2D eigenvalue weighted by atomic mass is 10.1. The molecule has 1 aromatic carbocycles. The highest BCUT2D eigenvalue weighted by Crippen LogP contribution is 2.07. The van der Waals surface area contributed by atoms with E-state index < -0.39 is 0 Å². The van der Waals surface area contributed by atoms with Crippen molar-refractivity contribution in [3.63, 3.8) is 0 Å². The minimum atomic E-state index is 0.0782. The minimum absolute atomic E-state index is 0.0782. The zero-order valence-corrected chi connectivity index (χ0v) is 9.78. The molecule has 0 bridgehead atoms. The number of hydrogen-bond acceptors (Lipinski definition) is 6. The van der Waals surface area contributed by atoms with E-state index in [-0.39, 0.29) is 5.84 Å². The van der Waals surface area contributed by atoms with Crippen LogP contribution in [0.3, 0.4) is 0 Å². The summed E-state index contributed by atoms with van der Waals surface area (Å²) >= 11 is 0. The molecule has 0 radical (unpaired) electrons. The largest absolute Gasteiger partial charge is 0.409 e. The van der Waals surface area contributed by atoms with Crippen LogP contribution in [0.1, 0.15) is 11.1 Å². The molecule has 2 aromatic rings. The van der Waals surface area contributed by atoms with Gasteiger partial charge in [0.2, 0.25) is 0 Å². The molecule has 0 unspecified atom stereocenters. The molecule has 0 amide bonds. The summed E-state index contributed by atoms with van der Waals surface area (Å²) in [7, 11) is 1.69. The first-order valence-electron chi connectivity index (χ1n) is 5.24. The third kappa shape index (κ3) is 2.73. The van der Waals surface area contributed by atoms with Gasteiger partial charge in [0.1, 0.15) is 0 Å². The molecule has 0 aliphatic heterocycles. The van der Waals surface area contributed by atoms with Crippen LogP contribution in [-0.4, -0.2) is 31.3 Å². The first-order valence-corrected chi connectivity index (χ1v) is 5.24. The van der Waals surface area contributed by atoms with Crippen LogP contribution in [0.2, 0.25) is 0 Å². The highest BCUT2D eigenvalue weighted by molar-refractivity contribution is 5.97. The van der Waals surface area contributed by atoms with Gasteiger partial charge in [-0.1, -0.05) is 28.5 Å². The molecular weight excluding hydrogens is 234 g/mol. The van der Waals surface area contributed by atoms with E-state index in [9.17, 15) is 0 Å². The summed E-state index contributed by atoms with van der Waals surface area (Å²) in [6.45, 7) is 0.526. The molecule has 0 fully saturated rings. The average molecular weight is 247 g/mol. The van der Waals surface area contributed by atoms with Crippen molar-refractivity contribution in [1.82, 2.24) is 20.2 Å². The molecule has 0 atom stereocenters. The molecule has 1 aromatic heterocycles. The van der Waals surface area contributed by atoms with Crippen LogP contribution in [0.4, 0.5) is 5.95 Å². The average Bonchev–Trinajstić information content (AvgIpc) is 2.81. The van der Waals surface area contributed by atoms with Crippen LogP contribution in [0.25, 0.3) is 0 Å². The van der Waals surface area contributed by atoms with E-state index in [0.29, 0.717) is 18.1 Å². The van der Waals surface area contributed by atoms with Gasteiger partial charge >= 0.3 is 0 Å². The summed E-state index contributed by atoms with van der Waals surface area (Å²) in [4.78, 5) is 1.37. The van der Waals surface area contributed by atoms with Crippen LogP contribution < -0.4 is 11.1 Å². The Balaban J connectivity index is 2.05.